The van der Waals surface area contributed by atoms with Crippen molar-refractivity contribution in [2.75, 3.05) is 38.3 Å². The van der Waals surface area contributed by atoms with Crippen molar-refractivity contribution in [3.63, 3.8) is 0 Å². The molecule has 2 aromatic rings. The topological polar surface area (TPSA) is 78.1 Å². The third kappa shape index (κ3) is 4.95. The van der Waals surface area contributed by atoms with Crippen LogP contribution in [0.3, 0.4) is 0 Å². The minimum absolute atomic E-state index is 0.312. The zero-order valence-electron chi connectivity index (χ0n) is 14.6. The van der Waals surface area contributed by atoms with Gasteiger partial charge >= 0.3 is 6.03 Å². The summed E-state index contributed by atoms with van der Waals surface area (Å²) in [5.41, 5.74) is 0.636. The monoisotopic (exact) mass is 358 g/mol. The first-order valence-corrected chi connectivity index (χ1v) is 8.55. The van der Waals surface area contributed by atoms with Crippen LogP contribution in [0.15, 0.2) is 42.5 Å². The lowest BCUT2D eigenvalue weighted by Crippen LogP contribution is -2.32. The summed E-state index contributed by atoms with van der Waals surface area (Å²) in [7, 11) is 0. The van der Waals surface area contributed by atoms with Gasteiger partial charge in [0.15, 0.2) is 11.5 Å². The molecule has 0 aromatic heterocycles. The summed E-state index contributed by atoms with van der Waals surface area (Å²) in [4.78, 5) is 12.0. The van der Waals surface area contributed by atoms with E-state index >= 15 is 0 Å². The van der Waals surface area contributed by atoms with E-state index in [9.17, 15) is 4.79 Å². The highest BCUT2D eigenvalue weighted by Crippen LogP contribution is 2.32. The quantitative estimate of drug-likeness (QED) is 0.744. The van der Waals surface area contributed by atoms with Gasteiger partial charge in [0, 0.05) is 17.8 Å². The number of hydrogen-bond acceptors (Lipinski definition) is 5. The molecule has 0 unspecified atom stereocenters. The number of carbonyl (C=O) groups excluding carboxylic acids is 1. The number of hydrogen-bond donors (Lipinski definition) is 2. The molecule has 3 rings (SSSR count). The molecule has 7 heteroatoms. The van der Waals surface area contributed by atoms with E-state index in [0.717, 1.165) is 5.75 Å². The summed E-state index contributed by atoms with van der Waals surface area (Å²) < 4.78 is 22.0. The second-order valence-corrected chi connectivity index (χ2v) is 5.50. The Morgan fingerprint density at radius 1 is 1.04 bits per heavy atom. The fourth-order valence-electron chi connectivity index (χ4n) is 2.45. The molecule has 7 nitrogen and oxygen atoms in total. The Balaban J connectivity index is 1.41. The lowest BCUT2D eigenvalue weighted by atomic mass is 10.2. The zero-order valence-corrected chi connectivity index (χ0v) is 14.6. The molecule has 1 aliphatic rings. The second kappa shape index (κ2) is 8.84. The number of urea groups is 1. The summed E-state index contributed by atoms with van der Waals surface area (Å²) in [6.07, 6.45) is 0. The highest BCUT2D eigenvalue weighted by atomic mass is 16.6. The van der Waals surface area contributed by atoms with Crippen LogP contribution >= 0.6 is 0 Å². The number of ether oxygens (including phenoxy) is 4. The normalized spacial score (nSPS) is 12.2. The van der Waals surface area contributed by atoms with Crippen molar-refractivity contribution in [1.82, 2.24) is 5.32 Å². The van der Waals surface area contributed by atoms with Gasteiger partial charge in [-0.05, 0) is 31.2 Å². The molecular formula is C19H22N2O5. The highest BCUT2D eigenvalue weighted by Gasteiger charge is 2.12. The van der Waals surface area contributed by atoms with Gasteiger partial charge in [0.25, 0.3) is 0 Å². The van der Waals surface area contributed by atoms with E-state index in [1.165, 1.54) is 0 Å². The SMILES string of the molecule is CCOc1cccc(OCCNC(=O)Nc2ccc3c(c2)OCCO3)c1. The summed E-state index contributed by atoms with van der Waals surface area (Å²) in [6, 6.07) is 12.4. The highest BCUT2D eigenvalue weighted by molar-refractivity contribution is 5.89. The summed E-state index contributed by atoms with van der Waals surface area (Å²) >= 11 is 0. The first-order chi connectivity index (χ1) is 12.7. The molecule has 0 bridgehead atoms. The molecular weight excluding hydrogens is 336 g/mol. The maximum Gasteiger partial charge on any atom is 0.319 e. The Hall–Kier alpha value is -3.09. The summed E-state index contributed by atoms with van der Waals surface area (Å²) in [5, 5.41) is 5.50. The van der Waals surface area contributed by atoms with Crippen LogP contribution in [-0.2, 0) is 0 Å². The van der Waals surface area contributed by atoms with Gasteiger partial charge in [0.1, 0.15) is 31.3 Å². The maximum atomic E-state index is 12.0. The maximum absolute atomic E-state index is 12.0. The number of nitrogens with one attached hydrogen (secondary N) is 2. The van der Waals surface area contributed by atoms with E-state index in [2.05, 4.69) is 10.6 Å². The Bertz CT molecular complexity index is 750. The molecule has 0 aliphatic carbocycles. The Morgan fingerprint density at radius 3 is 2.62 bits per heavy atom. The lowest BCUT2D eigenvalue weighted by Gasteiger charge is -2.19. The number of anilines is 1. The van der Waals surface area contributed by atoms with Gasteiger partial charge in [-0.1, -0.05) is 6.07 Å². The van der Waals surface area contributed by atoms with Crippen molar-refractivity contribution in [2.24, 2.45) is 0 Å². The van der Waals surface area contributed by atoms with Crippen molar-refractivity contribution in [3.05, 3.63) is 42.5 Å². The molecule has 2 aromatic carbocycles. The van der Waals surface area contributed by atoms with Gasteiger partial charge in [-0.15, -0.1) is 0 Å². The number of amides is 2. The molecule has 0 fully saturated rings. The van der Waals surface area contributed by atoms with Gasteiger partial charge in [-0.3, -0.25) is 0 Å². The Kier molecular flexibility index (Phi) is 6.03. The van der Waals surface area contributed by atoms with E-state index in [4.69, 9.17) is 18.9 Å². The van der Waals surface area contributed by atoms with Crippen molar-refractivity contribution in [3.8, 4) is 23.0 Å². The van der Waals surface area contributed by atoms with E-state index in [-0.39, 0.29) is 6.03 Å². The molecule has 0 atom stereocenters. The molecule has 0 saturated carbocycles. The van der Waals surface area contributed by atoms with Gasteiger partial charge in [0.05, 0.1) is 13.2 Å². The standard InChI is InChI=1S/C19H22N2O5/c1-2-23-15-4-3-5-16(13-15)24-9-8-20-19(22)21-14-6-7-17-18(12-14)26-11-10-25-17/h3-7,12-13H,2,8-11H2,1H3,(H2,20,21,22). The van der Waals surface area contributed by atoms with Crippen LogP contribution in [-0.4, -0.2) is 39.0 Å². The first kappa shape index (κ1) is 17.7. The van der Waals surface area contributed by atoms with E-state index < -0.39 is 0 Å². The minimum atomic E-state index is -0.312. The number of rotatable bonds is 7. The first-order valence-electron chi connectivity index (χ1n) is 8.55. The fourth-order valence-corrected chi connectivity index (χ4v) is 2.45. The second-order valence-electron chi connectivity index (χ2n) is 5.50. The Labute approximate surface area is 152 Å². The largest absolute Gasteiger partial charge is 0.494 e. The summed E-state index contributed by atoms with van der Waals surface area (Å²) in [5.74, 6) is 2.77. The molecule has 0 radical (unpaired) electrons. The van der Waals surface area contributed by atoms with Crippen molar-refractivity contribution >= 4 is 11.7 Å². The zero-order chi connectivity index (χ0) is 18.2. The molecule has 1 heterocycles. The molecule has 0 spiro atoms. The van der Waals surface area contributed by atoms with Crippen molar-refractivity contribution in [1.29, 1.82) is 0 Å². The summed E-state index contributed by atoms with van der Waals surface area (Å²) in [6.45, 7) is 4.29. The number of carbonyl (C=O) groups is 1. The van der Waals surface area contributed by atoms with Gasteiger partial charge in [-0.2, -0.15) is 0 Å². The van der Waals surface area contributed by atoms with Crippen LogP contribution in [0.2, 0.25) is 0 Å². The predicted molar refractivity (Wildman–Crippen MR) is 97.6 cm³/mol. The van der Waals surface area contributed by atoms with E-state index in [1.807, 2.05) is 31.2 Å². The van der Waals surface area contributed by atoms with Crippen molar-refractivity contribution in [2.45, 2.75) is 6.92 Å². The van der Waals surface area contributed by atoms with Crippen LogP contribution in [0.25, 0.3) is 0 Å². The smallest absolute Gasteiger partial charge is 0.319 e. The third-order valence-electron chi connectivity index (χ3n) is 3.57. The number of benzene rings is 2. The van der Waals surface area contributed by atoms with Crippen LogP contribution in [0.1, 0.15) is 6.92 Å². The predicted octanol–water partition coefficient (Wildman–Crippen LogP) is 3.06. The van der Waals surface area contributed by atoms with Crippen LogP contribution < -0.4 is 29.6 Å². The van der Waals surface area contributed by atoms with Gasteiger partial charge in [-0.25, -0.2) is 4.79 Å². The van der Waals surface area contributed by atoms with Gasteiger partial charge < -0.3 is 29.6 Å². The molecule has 26 heavy (non-hydrogen) atoms. The third-order valence-corrected chi connectivity index (χ3v) is 3.57. The fraction of sp³-hybridized carbons (Fsp3) is 0.316. The molecule has 1 aliphatic heterocycles. The van der Waals surface area contributed by atoms with E-state index in [1.54, 1.807) is 18.2 Å². The average molecular weight is 358 g/mol. The molecule has 2 amide bonds. The number of fused-ring (bicyclic) bond motifs is 1. The van der Waals surface area contributed by atoms with Crippen LogP contribution in [0.5, 0.6) is 23.0 Å². The molecule has 0 saturated heterocycles. The van der Waals surface area contributed by atoms with Gasteiger partial charge in [0.2, 0.25) is 0 Å². The Morgan fingerprint density at radius 2 is 1.81 bits per heavy atom. The van der Waals surface area contributed by atoms with Crippen LogP contribution in [0, 0.1) is 0 Å². The van der Waals surface area contributed by atoms with Crippen molar-refractivity contribution < 1.29 is 23.7 Å². The van der Waals surface area contributed by atoms with E-state index in [0.29, 0.717) is 55.9 Å². The molecule has 2 N–H and O–H groups in total. The molecule has 138 valence electrons. The average Bonchev–Trinajstić information content (AvgIpc) is 2.66. The minimum Gasteiger partial charge on any atom is -0.494 e. The lowest BCUT2D eigenvalue weighted by molar-refractivity contribution is 0.171. The van der Waals surface area contributed by atoms with Crippen LogP contribution in [0.4, 0.5) is 10.5 Å².